The summed E-state index contributed by atoms with van der Waals surface area (Å²) in [6, 6.07) is 0. The highest BCUT2D eigenvalue weighted by Gasteiger charge is 2.38. The maximum atomic E-state index is 12.3. The van der Waals surface area contributed by atoms with Crippen molar-refractivity contribution in [2.45, 2.75) is 79.1 Å². The van der Waals surface area contributed by atoms with E-state index in [1.54, 1.807) is 0 Å². The Morgan fingerprint density at radius 3 is 2.42 bits per heavy atom. The van der Waals surface area contributed by atoms with Crippen molar-refractivity contribution in [2.75, 3.05) is 38.9 Å². The van der Waals surface area contributed by atoms with E-state index in [-0.39, 0.29) is 53.5 Å². The summed E-state index contributed by atoms with van der Waals surface area (Å²) in [5.41, 5.74) is -0.102. The first kappa shape index (κ1) is 29.8. The van der Waals surface area contributed by atoms with Gasteiger partial charge in [0.2, 0.25) is 17.7 Å². The van der Waals surface area contributed by atoms with Crippen molar-refractivity contribution < 1.29 is 23.9 Å². The number of carbonyl (C=O) groups is 3. The number of nitrogens with zero attached hydrogens (tertiary/aromatic N) is 1. The number of thioether (sulfide) groups is 1. The molecular formula is C22H43N3O5S. The molecular weight excluding hydrogens is 418 g/mol. The first-order chi connectivity index (χ1) is 14.4. The fourth-order valence-electron chi connectivity index (χ4n) is 2.51. The summed E-state index contributed by atoms with van der Waals surface area (Å²) in [5.74, 6) is -0.0339. The molecule has 1 aliphatic rings. The monoisotopic (exact) mass is 461 g/mol. The Balaban J connectivity index is 0.00000436. The van der Waals surface area contributed by atoms with Gasteiger partial charge in [-0.25, -0.2) is 0 Å². The third-order valence-corrected chi connectivity index (χ3v) is 5.39. The van der Waals surface area contributed by atoms with E-state index in [0.717, 1.165) is 6.42 Å². The van der Waals surface area contributed by atoms with Gasteiger partial charge >= 0.3 is 0 Å². The van der Waals surface area contributed by atoms with Crippen LogP contribution in [0, 0.1) is 5.41 Å². The Morgan fingerprint density at radius 2 is 1.84 bits per heavy atom. The number of nitrogens with one attached hydrogen (secondary N) is 2. The van der Waals surface area contributed by atoms with Gasteiger partial charge in [0.1, 0.15) is 0 Å². The zero-order valence-corrected chi connectivity index (χ0v) is 21.4. The number of rotatable bonds is 13. The van der Waals surface area contributed by atoms with Gasteiger partial charge in [0.05, 0.1) is 30.8 Å². The molecule has 0 spiro atoms. The largest absolute Gasteiger partial charge is 0.375 e. The molecule has 31 heavy (non-hydrogen) atoms. The van der Waals surface area contributed by atoms with Gasteiger partial charge in [0.25, 0.3) is 0 Å². The summed E-state index contributed by atoms with van der Waals surface area (Å²) in [7, 11) is 0. The molecule has 0 aromatic carbocycles. The van der Waals surface area contributed by atoms with Gasteiger partial charge in [0, 0.05) is 32.3 Å². The minimum Gasteiger partial charge on any atom is -0.375 e. The van der Waals surface area contributed by atoms with Crippen molar-refractivity contribution in [3.8, 4) is 0 Å². The molecule has 0 saturated carbocycles. The van der Waals surface area contributed by atoms with Crippen molar-refractivity contribution in [3.63, 3.8) is 0 Å². The predicted molar refractivity (Wildman–Crippen MR) is 126 cm³/mol. The Morgan fingerprint density at radius 1 is 1.19 bits per heavy atom. The van der Waals surface area contributed by atoms with E-state index in [9.17, 15) is 14.4 Å². The second kappa shape index (κ2) is 14.8. The molecule has 1 unspecified atom stereocenters. The molecule has 1 fully saturated rings. The Labute approximate surface area is 192 Å². The van der Waals surface area contributed by atoms with Crippen molar-refractivity contribution in [3.05, 3.63) is 0 Å². The average molecular weight is 462 g/mol. The van der Waals surface area contributed by atoms with Crippen LogP contribution in [0.15, 0.2) is 0 Å². The van der Waals surface area contributed by atoms with Crippen LogP contribution in [0.4, 0.5) is 0 Å². The molecule has 9 heteroatoms. The maximum Gasteiger partial charge on any atom is 0.242 e. The quantitative estimate of drug-likeness (QED) is 0.247. The van der Waals surface area contributed by atoms with Gasteiger partial charge in [-0.3, -0.25) is 24.6 Å². The van der Waals surface area contributed by atoms with Crippen LogP contribution < -0.4 is 10.6 Å². The van der Waals surface area contributed by atoms with Gasteiger partial charge < -0.3 is 14.8 Å². The molecule has 1 heterocycles. The standard InChI is InChI=1S/C20H37N3O5S.C2H6/c1-15(24)22-8-9-23-17(25)11-16(18(23)26)29-14-21-13-27-10-7-20(5,6)28-12-19(2,3)4;1-2/h16,21H,7-14H2,1-6H3,(H,22,24);1-2H3. The summed E-state index contributed by atoms with van der Waals surface area (Å²) in [5, 5.41) is 5.34. The molecule has 0 aromatic rings. The summed E-state index contributed by atoms with van der Waals surface area (Å²) >= 11 is 1.40. The van der Waals surface area contributed by atoms with Crippen LogP contribution in [-0.2, 0) is 23.9 Å². The van der Waals surface area contributed by atoms with Crippen molar-refractivity contribution in [1.82, 2.24) is 15.5 Å². The Kier molecular flexibility index (Phi) is 14.3. The molecule has 0 radical (unpaired) electrons. The van der Waals surface area contributed by atoms with Crippen LogP contribution in [0.3, 0.4) is 0 Å². The highest BCUT2D eigenvalue weighted by molar-refractivity contribution is 8.00. The molecule has 8 nitrogen and oxygen atoms in total. The smallest absolute Gasteiger partial charge is 0.242 e. The summed E-state index contributed by atoms with van der Waals surface area (Å²) in [6.45, 7) is 18.1. The number of hydrogen-bond acceptors (Lipinski definition) is 7. The average Bonchev–Trinajstić information content (AvgIpc) is 2.94. The van der Waals surface area contributed by atoms with E-state index in [4.69, 9.17) is 9.47 Å². The minimum atomic E-state index is -0.378. The molecule has 0 bridgehead atoms. The third kappa shape index (κ3) is 13.8. The van der Waals surface area contributed by atoms with Crippen LogP contribution in [0.2, 0.25) is 0 Å². The topological polar surface area (TPSA) is 97.0 Å². The zero-order valence-electron chi connectivity index (χ0n) is 20.6. The van der Waals surface area contributed by atoms with Gasteiger partial charge in [-0.05, 0) is 25.7 Å². The lowest BCUT2D eigenvalue weighted by molar-refractivity contribution is -0.138. The fourth-order valence-corrected chi connectivity index (χ4v) is 3.44. The third-order valence-electron chi connectivity index (χ3n) is 4.25. The lowest BCUT2D eigenvalue weighted by atomic mass is 9.97. The molecule has 3 amide bonds. The van der Waals surface area contributed by atoms with Gasteiger partial charge in [0.15, 0.2) is 0 Å². The Bertz CT molecular complexity index is 564. The summed E-state index contributed by atoms with van der Waals surface area (Å²) in [6.07, 6.45) is 0.988. The molecule has 0 aromatic heterocycles. The number of ether oxygens (including phenoxy) is 2. The van der Waals surface area contributed by atoms with E-state index in [2.05, 4.69) is 45.3 Å². The van der Waals surface area contributed by atoms with Gasteiger partial charge in [-0.1, -0.05) is 34.6 Å². The number of amides is 3. The van der Waals surface area contributed by atoms with Crippen LogP contribution in [0.1, 0.15) is 68.2 Å². The van der Waals surface area contributed by atoms with E-state index in [1.165, 1.54) is 23.6 Å². The number of imide groups is 1. The number of hydrogen-bond donors (Lipinski definition) is 2. The van der Waals surface area contributed by atoms with Crippen LogP contribution in [-0.4, -0.2) is 72.4 Å². The van der Waals surface area contributed by atoms with Crippen LogP contribution in [0.25, 0.3) is 0 Å². The molecule has 1 saturated heterocycles. The van der Waals surface area contributed by atoms with E-state index < -0.39 is 0 Å². The molecule has 1 aliphatic heterocycles. The minimum absolute atomic E-state index is 0.134. The first-order valence-corrected chi connectivity index (χ1v) is 12.1. The van der Waals surface area contributed by atoms with Gasteiger partial charge in [-0.15, -0.1) is 11.8 Å². The molecule has 182 valence electrons. The Hall–Kier alpha value is -1.16. The predicted octanol–water partition coefficient (Wildman–Crippen LogP) is 2.76. The summed E-state index contributed by atoms with van der Waals surface area (Å²) < 4.78 is 11.6. The molecule has 2 N–H and O–H groups in total. The van der Waals surface area contributed by atoms with Crippen LogP contribution in [0.5, 0.6) is 0 Å². The van der Waals surface area contributed by atoms with Crippen molar-refractivity contribution in [1.29, 1.82) is 0 Å². The zero-order chi connectivity index (χ0) is 24.1. The van der Waals surface area contributed by atoms with Crippen molar-refractivity contribution >= 4 is 29.5 Å². The van der Waals surface area contributed by atoms with E-state index >= 15 is 0 Å². The van der Waals surface area contributed by atoms with Crippen LogP contribution >= 0.6 is 11.8 Å². The highest BCUT2D eigenvalue weighted by atomic mass is 32.2. The number of likely N-dealkylation sites (tertiary alicyclic amines) is 1. The van der Waals surface area contributed by atoms with E-state index in [0.29, 0.717) is 25.8 Å². The SMILES string of the molecule is CC.CC(=O)NCCN1C(=O)CC(SCNCOCCC(C)(C)OCC(C)(C)C)C1=O. The second-order valence-corrected chi connectivity index (χ2v) is 10.2. The van der Waals surface area contributed by atoms with Gasteiger partial charge in [-0.2, -0.15) is 0 Å². The molecule has 1 atom stereocenters. The summed E-state index contributed by atoms with van der Waals surface area (Å²) in [4.78, 5) is 36.4. The lowest BCUT2D eigenvalue weighted by Gasteiger charge is -2.29. The number of carbonyl (C=O) groups excluding carboxylic acids is 3. The highest BCUT2D eigenvalue weighted by Crippen LogP contribution is 2.24. The lowest BCUT2D eigenvalue weighted by Crippen LogP contribution is -2.38. The first-order valence-electron chi connectivity index (χ1n) is 11.0. The normalized spacial score (nSPS) is 16.9. The van der Waals surface area contributed by atoms with E-state index in [1.807, 2.05) is 13.8 Å². The molecule has 1 rings (SSSR count). The van der Waals surface area contributed by atoms with Crippen molar-refractivity contribution in [2.24, 2.45) is 5.41 Å². The fraction of sp³-hybridized carbons (Fsp3) is 0.864. The second-order valence-electron chi connectivity index (χ2n) is 9.03. The maximum absolute atomic E-state index is 12.3. The molecule has 0 aliphatic carbocycles.